The van der Waals surface area contributed by atoms with E-state index in [1.807, 2.05) is 20.8 Å². The van der Waals surface area contributed by atoms with Gasteiger partial charge in [-0.3, -0.25) is 14.6 Å². The molecule has 1 saturated heterocycles. The predicted molar refractivity (Wildman–Crippen MR) is 103 cm³/mol. The van der Waals surface area contributed by atoms with Crippen LogP contribution >= 0.6 is 0 Å². The molecule has 1 aromatic carbocycles. The number of β-amino-alcohol motifs (C(OH)–C–C–N with tert-alkyl or cyclic N) is 1. The second-order valence-electron chi connectivity index (χ2n) is 8.05. The number of likely N-dealkylation sites (tertiary alicyclic amines) is 1. The Hall–Kier alpha value is -2.80. The van der Waals surface area contributed by atoms with Crippen molar-refractivity contribution in [2.45, 2.75) is 32.9 Å². The van der Waals surface area contributed by atoms with Crippen LogP contribution in [-0.2, 0) is 4.79 Å². The van der Waals surface area contributed by atoms with Crippen molar-refractivity contribution in [1.29, 1.82) is 0 Å². The molecule has 148 valence electrons. The molecule has 2 aromatic rings. The third kappa shape index (κ3) is 4.36. The molecule has 2 N–H and O–H groups in total. The number of benzene rings is 1. The van der Waals surface area contributed by atoms with E-state index < -0.39 is 17.6 Å². The van der Waals surface area contributed by atoms with Gasteiger partial charge in [0.25, 0.3) is 5.91 Å². The van der Waals surface area contributed by atoms with Crippen molar-refractivity contribution >= 4 is 11.8 Å². The summed E-state index contributed by atoms with van der Waals surface area (Å²) in [5.41, 5.74) is 0.955. The minimum Gasteiger partial charge on any atom is -0.389 e. The first-order chi connectivity index (χ1) is 13.1. The van der Waals surface area contributed by atoms with Crippen LogP contribution < -0.4 is 5.32 Å². The van der Waals surface area contributed by atoms with Gasteiger partial charge in [0.15, 0.2) is 0 Å². The zero-order valence-electron chi connectivity index (χ0n) is 16.1. The highest BCUT2D eigenvalue weighted by molar-refractivity contribution is 5.94. The first-order valence-electron chi connectivity index (χ1n) is 9.15. The fraction of sp³-hybridized carbons (Fsp3) is 0.381. The zero-order valence-corrected chi connectivity index (χ0v) is 16.1. The molecule has 0 radical (unpaired) electrons. The fourth-order valence-electron chi connectivity index (χ4n) is 3.17. The first kappa shape index (κ1) is 19.9. The van der Waals surface area contributed by atoms with E-state index in [0.29, 0.717) is 16.8 Å². The van der Waals surface area contributed by atoms with E-state index in [0.717, 1.165) is 0 Å². The Kier molecular flexibility index (Phi) is 5.47. The van der Waals surface area contributed by atoms with E-state index in [1.165, 1.54) is 18.3 Å². The number of amides is 2. The van der Waals surface area contributed by atoms with Crippen molar-refractivity contribution in [2.75, 3.05) is 13.1 Å². The number of carbonyl (C=O) groups is 2. The van der Waals surface area contributed by atoms with Gasteiger partial charge in [0.2, 0.25) is 5.91 Å². The molecule has 1 aliphatic rings. The SMILES string of the molecule is CC(C)(C)C(=O)N1CC(O)C(NC(=O)c2ccc(-c3cccc(F)c3)nc2)C1. The second kappa shape index (κ2) is 7.67. The summed E-state index contributed by atoms with van der Waals surface area (Å²) in [6.07, 6.45) is 0.587. The van der Waals surface area contributed by atoms with Gasteiger partial charge < -0.3 is 15.3 Å². The monoisotopic (exact) mass is 385 g/mol. The maximum absolute atomic E-state index is 13.3. The molecule has 0 spiro atoms. The van der Waals surface area contributed by atoms with Gasteiger partial charge in [-0.05, 0) is 24.3 Å². The molecule has 7 heteroatoms. The van der Waals surface area contributed by atoms with Crippen molar-refractivity contribution in [3.05, 3.63) is 54.0 Å². The quantitative estimate of drug-likeness (QED) is 0.849. The van der Waals surface area contributed by atoms with Gasteiger partial charge in [0.1, 0.15) is 5.82 Å². The number of aliphatic hydroxyl groups excluding tert-OH is 1. The highest BCUT2D eigenvalue weighted by atomic mass is 19.1. The van der Waals surface area contributed by atoms with E-state index in [9.17, 15) is 19.1 Å². The Morgan fingerprint density at radius 2 is 1.96 bits per heavy atom. The fourth-order valence-corrected chi connectivity index (χ4v) is 3.17. The third-order valence-corrected chi connectivity index (χ3v) is 4.68. The van der Waals surface area contributed by atoms with Gasteiger partial charge in [-0.1, -0.05) is 32.9 Å². The molecule has 2 amide bonds. The molecule has 3 rings (SSSR count). The van der Waals surface area contributed by atoms with Crippen LogP contribution in [0.15, 0.2) is 42.6 Å². The highest BCUT2D eigenvalue weighted by Gasteiger charge is 2.38. The van der Waals surface area contributed by atoms with Crippen LogP contribution in [0.1, 0.15) is 31.1 Å². The van der Waals surface area contributed by atoms with Crippen molar-refractivity contribution in [2.24, 2.45) is 5.41 Å². The van der Waals surface area contributed by atoms with Gasteiger partial charge >= 0.3 is 0 Å². The Bertz CT molecular complexity index is 877. The number of carbonyl (C=O) groups excluding carboxylic acids is 2. The van der Waals surface area contributed by atoms with E-state index >= 15 is 0 Å². The second-order valence-corrected chi connectivity index (χ2v) is 8.05. The van der Waals surface area contributed by atoms with Crippen molar-refractivity contribution in [1.82, 2.24) is 15.2 Å². The molecule has 0 bridgehead atoms. The first-order valence-corrected chi connectivity index (χ1v) is 9.15. The summed E-state index contributed by atoms with van der Waals surface area (Å²) in [7, 11) is 0. The third-order valence-electron chi connectivity index (χ3n) is 4.68. The molecule has 1 aliphatic heterocycles. The molecule has 2 heterocycles. The van der Waals surface area contributed by atoms with E-state index in [4.69, 9.17) is 0 Å². The summed E-state index contributed by atoms with van der Waals surface area (Å²) in [4.78, 5) is 30.7. The van der Waals surface area contributed by atoms with Crippen molar-refractivity contribution < 1.29 is 19.1 Å². The minimum absolute atomic E-state index is 0.0654. The van der Waals surface area contributed by atoms with Crippen molar-refractivity contribution in [3.63, 3.8) is 0 Å². The number of nitrogens with one attached hydrogen (secondary N) is 1. The standard InChI is InChI=1S/C21H24FN3O3/c1-21(2,3)20(28)25-11-17(18(26)12-25)24-19(27)14-7-8-16(23-10-14)13-5-4-6-15(22)9-13/h4-10,17-18,26H,11-12H2,1-3H3,(H,24,27). The van der Waals surface area contributed by atoms with Crippen LogP contribution in [0.3, 0.4) is 0 Å². The molecular weight excluding hydrogens is 361 g/mol. The molecule has 1 aromatic heterocycles. The van der Waals surface area contributed by atoms with Crippen LogP contribution in [0.25, 0.3) is 11.3 Å². The maximum Gasteiger partial charge on any atom is 0.253 e. The number of halogens is 1. The van der Waals surface area contributed by atoms with E-state index in [1.54, 1.807) is 29.2 Å². The van der Waals surface area contributed by atoms with Crippen molar-refractivity contribution in [3.8, 4) is 11.3 Å². The van der Waals surface area contributed by atoms with Crippen LogP contribution in [0.4, 0.5) is 4.39 Å². The van der Waals surface area contributed by atoms with Crippen LogP contribution in [0, 0.1) is 11.2 Å². The van der Waals surface area contributed by atoms with Crippen LogP contribution in [0.5, 0.6) is 0 Å². The molecule has 28 heavy (non-hydrogen) atoms. The van der Waals surface area contributed by atoms with Gasteiger partial charge in [-0.15, -0.1) is 0 Å². The maximum atomic E-state index is 13.3. The zero-order chi connectivity index (χ0) is 20.5. The summed E-state index contributed by atoms with van der Waals surface area (Å²) in [6, 6.07) is 8.76. The predicted octanol–water partition coefficient (Wildman–Crippen LogP) is 2.24. The van der Waals surface area contributed by atoms with E-state index in [-0.39, 0.29) is 30.7 Å². The van der Waals surface area contributed by atoms with E-state index in [2.05, 4.69) is 10.3 Å². The average molecular weight is 385 g/mol. The lowest BCUT2D eigenvalue weighted by Gasteiger charge is -2.25. The smallest absolute Gasteiger partial charge is 0.253 e. The number of hydrogen-bond acceptors (Lipinski definition) is 4. The van der Waals surface area contributed by atoms with Crippen LogP contribution in [0.2, 0.25) is 0 Å². The number of rotatable bonds is 3. The molecule has 0 aliphatic carbocycles. The molecule has 6 nitrogen and oxygen atoms in total. The molecular formula is C21H24FN3O3. The molecule has 1 fully saturated rings. The molecule has 2 unspecified atom stereocenters. The number of nitrogens with zero attached hydrogens (tertiary/aromatic N) is 2. The van der Waals surface area contributed by atoms with Gasteiger partial charge in [-0.2, -0.15) is 0 Å². The minimum atomic E-state index is -0.824. The summed E-state index contributed by atoms with van der Waals surface area (Å²) >= 11 is 0. The average Bonchev–Trinajstić information content (AvgIpc) is 3.00. The number of aromatic nitrogens is 1. The van der Waals surface area contributed by atoms with Gasteiger partial charge in [0, 0.05) is 30.3 Å². The number of pyridine rings is 1. The number of aliphatic hydroxyl groups is 1. The summed E-state index contributed by atoms with van der Waals surface area (Å²) in [5, 5.41) is 13.0. The lowest BCUT2D eigenvalue weighted by Crippen LogP contribution is -2.43. The largest absolute Gasteiger partial charge is 0.389 e. The number of hydrogen-bond donors (Lipinski definition) is 2. The summed E-state index contributed by atoms with van der Waals surface area (Å²) < 4.78 is 13.3. The topological polar surface area (TPSA) is 82.5 Å². The highest BCUT2D eigenvalue weighted by Crippen LogP contribution is 2.22. The summed E-state index contributed by atoms with van der Waals surface area (Å²) in [6.45, 7) is 5.91. The van der Waals surface area contributed by atoms with Crippen LogP contribution in [-0.4, -0.2) is 52.0 Å². The molecule has 2 atom stereocenters. The van der Waals surface area contributed by atoms with Gasteiger partial charge in [0.05, 0.1) is 23.4 Å². The molecule has 0 saturated carbocycles. The normalized spacial score (nSPS) is 19.5. The lowest BCUT2D eigenvalue weighted by atomic mass is 9.95. The Labute approximate surface area is 163 Å². The summed E-state index contributed by atoms with van der Waals surface area (Å²) in [5.74, 6) is -0.803. The Morgan fingerprint density at radius 3 is 2.57 bits per heavy atom. The van der Waals surface area contributed by atoms with Gasteiger partial charge in [-0.25, -0.2) is 4.39 Å². The Balaban J connectivity index is 1.66. The Morgan fingerprint density at radius 1 is 1.21 bits per heavy atom. The lowest BCUT2D eigenvalue weighted by molar-refractivity contribution is -0.138.